The lowest BCUT2D eigenvalue weighted by molar-refractivity contribution is -0.0937. The number of alkyl halides is 4. The van der Waals surface area contributed by atoms with E-state index in [1.807, 2.05) is 17.7 Å². The van der Waals surface area contributed by atoms with Gasteiger partial charge >= 0.3 is 19.3 Å². The zero-order chi connectivity index (χ0) is 32.5. The van der Waals surface area contributed by atoms with Gasteiger partial charge in [0.15, 0.2) is 5.76 Å². The van der Waals surface area contributed by atoms with E-state index in [0.29, 0.717) is 12.1 Å². The number of ether oxygens (including phenoxy) is 2. The second kappa shape index (κ2) is 12.6. The summed E-state index contributed by atoms with van der Waals surface area (Å²) in [5.74, 6) is -1.70. The molecule has 2 aliphatic rings. The van der Waals surface area contributed by atoms with Gasteiger partial charge in [-0.3, -0.25) is 4.79 Å². The first kappa shape index (κ1) is 31.6. The fourth-order valence-corrected chi connectivity index (χ4v) is 6.14. The first-order valence-corrected chi connectivity index (χ1v) is 15.1. The Morgan fingerprint density at radius 3 is 2.36 bits per heavy atom. The Morgan fingerprint density at radius 2 is 1.69 bits per heavy atom. The van der Waals surface area contributed by atoms with Crippen LogP contribution >= 0.6 is 0 Å². The molecule has 0 saturated heterocycles. The molecule has 0 spiro atoms. The number of carbonyl (C=O) groups is 2. The molecule has 45 heavy (non-hydrogen) atoms. The second-order valence-corrected chi connectivity index (χ2v) is 12.0. The van der Waals surface area contributed by atoms with Gasteiger partial charge in [-0.05, 0) is 55.7 Å². The lowest BCUT2D eigenvalue weighted by atomic mass is 9.86. The molecule has 9 nitrogen and oxygen atoms in total. The largest absolute Gasteiger partial charge is 0.434 e. The maximum atomic E-state index is 13.3. The average molecular weight is 646 g/mol. The molecule has 0 saturated carbocycles. The average Bonchev–Trinajstić information content (AvgIpc) is 3.40. The third-order valence-corrected chi connectivity index (χ3v) is 8.56. The number of hydrogen-bond donors (Lipinski definition) is 2. The minimum atomic E-state index is -4.04. The maximum absolute atomic E-state index is 13.3. The predicted molar refractivity (Wildman–Crippen MR) is 157 cm³/mol. The highest BCUT2D eigenvalue weighted by molar-refractivity contribution is 7.90. The molecule has 1 heterocycles. The molecule has 0 atom stereocenters. The van der Waals surface area contributed by atoms with Gasteiger partial charge in [-0.2, -0.15) is 17.6 Å². The minimum Gasteiger partial charge on any atom is -0.434 e. The third-order valence-electron chi connectivity index (χ3n) is 7.21. The van der Waals surface area contributed by atoms with E-state index in [0.717, 1.165) is 16.7 Å². The predicted octanol–water partition coefficient (Wildman–Crippen LogP) is 5.69. The number of fused-ring (bicyclic) bond motifs is 3. The van der Waals surface area contributed by atoms with E-state index in [2.05, 4.69) is 14.8 Å². The SMILES string of the molecule is Cc1ccc(S(=O)(=O)NC(=O)NCCc2ccc(N3C=C4C(=C(OC(F)F)C(=O)c5cccc(OC(F)F)c54)C3)c(C)c2)cc1. The number of hydrogen-bond acceptors (Lipinski definition) is 7. The maximum Gasteiger partial charge on any atom is 0.387 e. The molecule has 0 fully saturated rings. The summed E-state index contributed by atoms with van der Waals surface area (Å²) >= 11 is 0. The van der Waals surface area contributed by atoms with Crippen molar-refractivity contribution in [2.45, 2.75) is 38.4 Å². The summed E-state index contributed by atoms with van der Waals surface area (Å²) in [5.41, 5.74) is 3.37. The summed E-state index contributed by atoms with van der Waals surface area (Å²) < 4.78 is 89.0. The molecule has 0 bridgehead atoms. The molecule has 3 aromatic rings. The number of halogens is 4. The summed E-state index contributed by atoms with van der Waals surface area (Å²) in [4.78, 5) is 27.0. The molecular weight excluding hydrogens is 618 g/mol. The Bertz CT molecular complexity index is 1830. The minimum absolute atomic E-state index is 0.0412. The van der Waals surface area contributed by atoms with Crippen molar-refractivity contribution >= 4 is 33.1 Å². The van der Waals surface area contributed by atoms with Crippen LogP contribution in [0.5, 0.6) is 5.75 Å². The molecule has 236 valence electrons. The van der Waals surface area contributed by atoms with E-state index in [9.17, 15) is 35.6 Å². The van der Waals surface area contributed by atoms with Crippen LogP contribution < -0.4 is 19.7 Å². The molecular formula is C31H27F4N3O6S. The Kier molecular flexibility index (Phi) is 8.87. The van der Waals surface area contributed by atoms with Crippen LogP contribution in [0.15, 0.2) is 83.1 Å². The van der Waals surface area contributed by atoms with Crippen LogP contribution in [-0.2, 0) is 21.2 Å². The van der Waals surface area contributed by atoms with E-state index in [1.165, 1.54) is 30.3 Å². The number of carbonyl (C=O) groups excluding carboxylic acids is 2. The lowest BCUT2D eigenvalue weighted by Gasteiger charge is -2.23. The monoisotopic (exact) mass is 645 g/mol. The third kappa shape index (κ3) is 6.80. The zero-order valence-corrected chi connectivity index (χ0v) is 24.8. The highest BCUT2D eigenvalue weighted by Crippen LogP contribution is 2.46. The highest BCUT2D eigenvalue weighted by Gasteiger charge is 2.39. The van der Waals surface area contributed by atoms with Gasteiger partial charge < -0.3 is 19.7 Å². The van der Waals surface area contributed by atoms with E-state index in [1.54, 1.807) is 42.3 Å². The van der Waals surface area contributed by atoms with Gasteiger partial charge in [0.2, 0.25) is 5.78 Å². The number of rotatable bonds is 10. The van der Waals surface area contributed by atoms with Crippen LogP contribution in [0.4, 0.5) is 28.0 Å². The topological polar surface area (TPSA) is 114 Å². The number of aryl methyl sites for hydroxylation is 2. The Hall–Kier alpha value is -4.85. The van der Waals surface area contributed by atoms with Crippen LogP contribution in [0.25, 0.3) is 5.57 Å². The molecule has 2 amide bonds. The molecule has 2 N–H and O–H groups in total. The number of urea groups is 1. The van der Waals surface area contributed by atoms with Gasteiger partial charge in [-0.15, -0.1) is 0 Å². The van der Waals surface area contributed by atoms with Crippen molar-refractivity contribution in [1.82, 2.24) is 10.0 Å². The van der Waals surface area contributed by atoms with Gasteiger partial charge in [-0.25, -0.2) is 17.9 Å². The molecule has 0 aromatic heterocycles. The van der Waals surface area contributed by atoms with Crippen molar-refractivity contribution in [3.05, 3.63) is 106 Å². The fraction of sp³-hybridized carbons (Fsp3) is 0.226. The second-order valence-electron chi connectivity index (χ2n) is 10.3. The highest BCUT2D eigenvalue weighted by atomic mass is 32.2. The van der Waals surface area contributed by atoms with Crippen molar-refractivity contribution in [2.24, 2.45) is 0 Å². The van der Waals surface area contributed by atoms with Crippen LogP contribution in [0.1, 0.15) is 32.6 Å². The van der Waals surface area contributed by atoms with E-state index in [4.69, 9.17) is 0 Å². The van der Waals surface area contributed by atoms with Crippen molar-refractivity contribution in [3.8, 4) is 5.75 Å². The van der Waals surface area contributed by atoms with Crippen LogP contribution in [-0.4, -0.2) is 46.5 Å². The number of amides is 2. The number of Topliss-reactive ketones (excluding diaryl/α,β-unsaturated/α-hetero) is 1. The summed E-state index contributed by atoms with van der Waals surface area (Å²) in [6, 6.07) is 14.4. The van der Waals surface area contributed by atoms with E-state index >= 15 is 0 Å². The molecule has 0 radical (unpaired) electrons. The molecule has 1 aliphatic heterocycles. The smallest absolute Gasteiger partial charge is 0.387 e. The van der Waals surface area contributed by atoms with Crippen molar-refractivity contribution in [1.29, 1.82) is 0 Å². The van der Waals surface area contributed by atoms with Gasteiger partial charge in [0.05, 0.1) is 11.4 Å². The van der Waals surface area contributed by atoms with Crippen LogP contribution in [0.2, 0.25) is 0 Å². The quantitative estimate of drug-likeness (QED) is 0.273. The standard InChI is InChI=1S/C31H27F4N3O6S/c1-17-6-9-20(10-7-17)45(41,42)37-31(40)36-13-12-19-8-11-24(18(2)14-19)38-15-22-23(16-38)28(44-30(34)35)27(39)21-4-3-5-25(26(21)22)43-29(32)33/h3-11,14-15,29-30H,12-13,16H2,1-2H3,(H2,36,37,40). The molecule has 5 rings (SSSR count). The Labute approximate surface area is 256 Å². The van der Waals surface area contributed by atoms with Gasteiger partial charge in [0.25, 0.3) is 10.0 Å². The molecule has 3 aromatic carbocycles. The summed E-state index contributed by atoms with van der Waals surface area (Å²) in [6.07, 6.45) is 1.92. The van der Waals surface area contributed by atoms with Gasteiger partial charge in [0.1, 0.15) is 5.75 Å². The van der Waals surface area contributed by atoms with Crippen molar-refractivity contribution in [2.75, 3.05) is 18.0 Å². The first-order chi connectivity index (χ1) is 21.3. The Morgan fingerprint density at radius 1 is 0.978 bits per heavy atom. The number of nitrogens with zero attached hydrogens (tertiary/aromatic N) is 1. The van der Waals surface area contributed by atoms with E-state index < -0.39 is 40.8 Å². The fourth-order valence-electron chi connectivity index (χ4n) is 5.21. The first-order valence-electron chi connectivity index (χ1n) is 13.6. The van der Waals surface area contributed by atoms with Gasteiger partial charge in [-0.1, -0.05) is 42.0 Å². The zero-order valence-electron chi connectivity index (χ0n) is 23.9. The van der Waals surface area contributed by atoms with Crippen molar-refractivity contribution in [3.63, 3.8) is 0 Å². The normalized spacial score (nSPS) is 14.4. The molecule has 1 aliphatic carbocycles. The molecule has 0 unspecified atom stereocenters. The number of anilines is 1. The molecule has 14 heteroatoms. The van der Waals surface area contributed by atoms with Crippen molar-refractivity contribution < 1.29 is 45.0 Å². The summed E-state index contributed by atoms with van der Waals surface area (Å²) in [7, 11) is -4.04. The number of ketones is 1. The number of nitrogens with one attached hydrogen (secondary N) is 2. The lowest BCUT2D eigenvalue weighted by Crippen LogP contribution is -2.40. The summed E-state index contributed by atoms with van der Waals surface area (Å²) in [5, 5.41) is 2.52. The number of allylic oxidation sites excluding steroid dienone is 1. The summed E-state index contributed by atoms with van der Waals surface area (Å²) in [6.45, 7) is -2.79. The number of sulfonamides is 1. The van der Waals surface area contributed by atoms with E-state index in [-0.39, 0.29) is 46.0 Å². The van der Waals surface area contributed by atoms with Crippen LogP contribution in [0, 0.1) is 13.8 Å². The van der Waals surface area contributed by atoms with Gasteiger partial charge in [0, 0.05) is 40.7 Å². The van der Waals surface area contributed by atoms with Crippen LogP contribution in [0.3, 0.4) is 0 Å². The Balaban J connectivity index is 1.32. The number of benzene rings is 3.